The average molecular weight is 328 g/mol. The van der Waals surface area contributed by atoms with Crippen LogP contribution >= 0.6 is 0 Å². The predicted octanol–water partition coefficient (Wildman–Crippen LogP) is 3.72. The molecule has 1 aliphatic rings. The lowest BCUT2D eigenvalue weighted by atomic mass is 9.96. The van der Waals surface area contributed by atoms with E-state index in [0.29, 0.717) is 17.4 Å². The lowest BCUT2D eigenvalue weighted by Gasteiger charge is -2.20. The third-order valence-corrected chi connectivity index (χ3v) is 4.84. The van der Waals surface area contributed by atoms with Gasteiger partial charge in [0.1, 0.15) is 11.3 Å². The van der Waals surface area contributed by atoms with Crippen molar-refractivity contribution in [2.24, 2.45) is 5.92 Å². The Balaban J connectivity index is 1.70. The second-order valence-corrected chi connectivity index (χ2v) is 6.51. The maximum Gasteiger partial charge on any atom is 0.261 e. The molecule has 0 aliphatic heterocycles. The zero-order chi connectivity index (χ0) is 16.9. The number of nitrogens with one attached hydrogen (secondary N) is 2. The summed E-state index contributed by atoms with van der Waals surface area (Å²) in [5.74, 6) is 0.834. The minimum absolute atomic E-state index is 0.159. The van der Waals surface area contributed by atoms with Gasteiger partial charge in [-0.15, -0.1) is 0 Å². The lowest BCUT2D eigenvalue weighted by Crippen LogP contribution is -2.39. The fraction of sp³-hybridized carbons (Fsp3) is 0.474. The maximum atomic E-state index is 12.5. The molecule has 0 saturated heterocycles. The normalized spacial score (nSPS) is 20.2. The molecule has 0 aromatic carbocycles. The van der Waals surface area contributed by atoms with Gasteiger partial charge in [-0.2, -0.15) is 0 Å². The van der Waals surface area contributed by atoms with E-state index >= 15 is 0 Å². The summed E-state index contributed by atoms with van der Waals surface area (Å²) in [4.78, 5) is 27.4. The number of aromatic amines is 1. The SMILES string of the molecule is CCCCC1CCCC1NC(=O)c1ccc(-c2ccco2)[nH]c1=O. The molecule has 1 fully saturated rings. The van der Waals surface area contributed by atoms with Crippen molar-refractivity contribution in [1.29, 1.82) is 0 Å². The van der Waals surface area contributed by atoms with Crippen LogP contribution < -0.4 is 10.9 Å². The number of aromatic nitrogens is 1. The largest absolute Gasteiger partial charge is 0.463 e. The Morgan fingerprint density at radius 3 is 2.92 bits per heavy atom. The fourth-order valence-electron chi connectivity index (χ4n) is 3.51. The summed E-state index contributed by atoms with van der Waals surface area (Å²) in [6, 6.07) is 6.99. The first-order chi connectivity index (χ1) is 11.7. The van der Waals surface area contributed by atoms with Gasteiger partial charge in [-0.3, -0.25) is 9.59 Å². The summed E-state index contributed by atoms with van der Waals surface area (Å²) < 4.78 is 5.26. The Morgan fingerprint density at radius 1 is 1.33 bits per heavy atom. The van der Waals surface area contributed by atoms with E-state index in [1.807, 2.05) is 0 Å². The van der Waals surface area contributed by atoms with Crippen LogP contribution in [0.4, 0.5) is 0 Å². The van der Waals surface area contributed by atoms with E-state index in [1.54, 1.807) is 30.5 Å². The summed E-state index contributed by atoms with van der Waals surface area (Å²) in [6.07, 6.45) is 8.37. The summed E-state index contributed by atoms with van der Waals surface area (Å²) in [6.45, 7) is 2.18. The molecule has 1 saturated carbocycles. The summed E-state index contributed by atoms with van der Waals surface area (Å²) in [5, 5.41) is 3.07. The van der Waals surface area contributed by atoms with Crippen molar-refractivity contribution in [2.45, 2.75) is 51.5 Å². The van der Waals surface area contributed by atoms with Crippen LogP contribution in [0.3, 0.4) is 0 Å². The van der Waals surface area contributed by atoms with Crippen LogP contribution in [0.2, 0.25) is 0 Å². The van der Waals surface area contributed by atoms with E-state index < -0.39 is 0 Å². The van der Waals surface area contributed by atoms with E-state index in [-0.39, 0.29) is 23.1 Å². The highest BCUT2D eigenvalue weighted by molar-refractivity contribution is 5.94. The first-order valence-electron chi connectivity index (χ1n) is 8.77. The number of amides is 1. The monoisotopic (exact) mass is 328 g/mol. The van der Waals surface area contributed by atoms with Gasteiger partial charge in [0.05, 0.1) is 12.0 Å². The number of H-pyrrole nitrogens is 1. The Labute approximate surface area is 141 Å². The van der Waals surface area contributed by atoms with Gasteiger partial charge in [-0.05, 0) is 49.4 Å². The molecule has 2 aromatic heterocycles. The summed E-state index contributed by atoms with van der Waals surface area (Å²) in [7, 11) is 0. The van der Waals surface area contributed by atoms with Crippen LogP contribution in [-0.2, 0) is 0 Å². The maximum absolute atomic E-state index is 12.5. The number of hydrogen-bond acceptors (Lipinski definition) is 3. The zero-order valence-corrected chi connectivity index (χ0v) is 14.0. The van der Waals surface area contributed by atoms with Crippen LogP contribution in [0.15, 0.2) is 39.7 Å². The zero-order valence-electron chi connectivity index (χ0n) is 14.0. The molecule has 0 spiro atoms. The third-order valence-electron chi connectivity index (χ3n) is 4.84. The van der Waals surface area contributed by atoms with Gasteiger partial charge >= 0.3 is 0 Å². The van der Waals surface area contributed by atoms with Gasteiger partial charge in [-0.1, -0.05) is 26.2 Å². The Kier molecular flexibility index (Phi) is 5.18. The van der Waals surface area contributed by atoms with Crippen molar-refractivity contribution in [3.05, 3.63) is 46.4 Å². The minimum Gasteiger partial charge on any atom is -0.463 e. The Hall–Kier alpha value is -2.30. The van der Waals surface area contributed by atoms with Crippen molar-refractivity contribution in [3.8, 4) is 11.5 Å². The predicted molar refractivity (Wildman–Crippen MR) is 92.9 cm³/mol. The molecule has 2 atom stereocenters. The van der Waals surface area contributed by atoms with Crippen molar-refractivity contribution in [1.82, 2.24) is 10.3 Å². The number of carbonyl (C=O) groups is 1. The molecule has 2 aromatic rings. The summed E-state index contributed by atoms with van der Waals surface area (Å²) in [5.41, 5.74) is 0.346. The highest BCUT2D eigenvalue weighted by Gasteiger charge is 2.28. The van der Waals surface area contributed by atoms with Gasteiger partial charge < -0.3 is 14.7 Å². The molecule has 2 unspecified atom stereocenters. The van der Waals surface area contributed by atoms with Gasteiger partial charge in [0.15, 0.2) is 0 Å². The smallest absolute Gasteiger partial charge is 0.261 e. The van der Waals surface area contributed by atoms with Crippen molar-refractivity contribution < 1.29 is 9.21 Å². The van der Waals surface area contributed by atoms with E-state index in [0.717, 1.165) is 19.3 Å². The molecule has 128 valence electrons. The second-order valence-electron chi connectivity index (χ2n) is 6.51. The van der Waals surface area contributed by atoms with Crippen molar-refractivity contribution in [3.63, 3.8) is 0 Å². The van der Waals surface area contributed by atoms with E-state index in [9.17, 15) is 9.59 Å². The molecule has 3 rings (SSSR count). The summed E-state index contributed by atoms with van der Waals surface area (Å²) >= 11 is 0. The van der Waals surface area contributed by atoms with Crippen LogP contribution in [0.5, 0.6) is 0 Å². The average Bonchev–Trinajstić information content (AvgIpc) is 3.24. The molecule has 0 radical (unpaired) electrons. The lowest BCUT2D eigenvalue weighted by molar-refractivity contribution is 0.0925. The van der Waals surface area contributed by atoms with Crippen molar-refractivity contribution in [2.75, 3.05) is 0 Å². The van der Waals surface area contributed by atoms with Gasteiger partial charge in [0.2, 0.25) is 0 Å². The van der Waals surface area contributed by atoms with Gasteiger partial charge in [-0.25, -0.2) is 0 Å². The molecular weight excluding hydrogens is 304 g/mol. The molecule has 1 amide bonds. The van der Waals surface area contributed by atoms with E-state index in [1.165, 1.54) is 19.3 Å². The van der Waals surface area contributed by atoms with Crippen molar-refractivity contribution >= 4 is 5.91 Å². The number of unbranched alkanes of at least 4 members (excludes halogenated alkanes) is 1. The first-order valence-corrected chi connectivity index (χ1v) is 8.77. The molecule has 5 heteroatoms. The van der Waals surface area contributed by atoms with Gasteiger partial charge in [0, 0.05) is 6.04 Å². The van der Waals surface area contributed by atoms with Crippen LogP contribution in [0.25, 0.3) is 11.5 Å². The number of furan rings is 1. The standard InChI is InChI=1S/C19H24N2O3/c1-2-3-6-13-7-4-8-15(13)20-18(22)14-10-11-16(21-19(14)23)17-9-5-12-24-17/h5,9-13,15H,2-4,6-8H2,1H3,(H,20,22)(H,21,23). The molecule has 2 heterocycles. The van der Waals surface area contributed by atoms with Crippen LogP contribution in [0.1, 0.15) is 55.8 Å². The quantitative estimate of drug-likeness (QED) is 0.848. The molecular formula is C19H24N2O3. The van der Waals surface area contributed by atoms with E-state index in [2.05, 4.69) is 17.2 Å². The van der Waals surface area contributed by atoms with Crippen LogP contribution in [-0.4, -0.2) is 16.9 Å². The second kappa shape index (κ2) is 7.51. The first kappa shape index (κ1) is 16.6. The Bertz CT molecular complexity index is 733. The topological polar surface area (TPSA) is 75.1 Å². The van der Waals surface area contributed by atoms with E-state index in [4.69, 9.17) is 4.42 Å². The molecule has 5 nitrogen and oxygen atoms in total. The highest BCUT2D eigenvalue weighted by atomic mass is 16.3. The number of rotatable bonds is 6. The fourth-order valence-corrected chi connectivity index (χ4v) is 3.51. The van der Waals surface area contributed by atoms with Crippen LogP contribution in [0, 0.1) is 5.92 Å². The number of carbonyl (C=O) groups excluding carboxylic acids is 1. The number of hydrogen-bond donors (Lipinski definition) is 2. The Morgan fingerprint density at radius 2 is 2.21 bits per heavy atom. The molecule has 2 N–H and O–H groups in total. The molecule has 0 bridgehead atoms. The number of pyridine rings is 1. The molecule has 24 heavy (non-hydrogen) atoms. The molecule has 1 aliphatic carbocycles. The third kappa shape index (κ3) is 3.61. The minimum atomic E-state index is -0.385. The highest BCUT2D eigenvalue weighted by Crippen LogP contribution is 2.30. The van der Waals surface area contributed by atoms with Gasteiger partial charge in [0.25, 0.3) is 11.5 Å².